The molecule has 0 spiro atoms. The van der Waals surface area contributed by atoms with E-state index in [2.05, 4.69) is 64.1 Å². The molecule has 0 nitrogen and oxygen atoms in total. The summed E-state index contributed by atoms with van der Waals surface area (Å²) in [6, 6.07) is 14.1. The third-order valence-corrected chi connectivity index (χ3v) is 5.03. The van der Waals surface area contributed by atoms with E-state index in [1.54, 1.807) is 11.1 Å². The van der Waals surface area contributed by atoms with E-state index in [9.17, 15) is 0 Å². The number of aryl methyl sites for hydroxylation is 2. The Balaban J connectivity index is 2.32. The van der Waals surface area contributed by atoms with Gasteiger partial charge in [-0.15, -0.1) is 0 Å². The van der Waals surface area contributed by atoms with Crippen molar-refractivity contribution in [3.63, 3.8) is 0 Å². The first-order valence-electron chi connectivity index (χ1n) is 8.35. The van der Waals surface area contributed by atoms with Crippen molar-refractivity contribution in [2.24, 2.45) is 0 Å². The van der Waals surface area contributed by atoms with E-state index in [4.69, 9.17) is 0 Å². The molecule has 1 aliphatic rings. The topological polar surface area (TPSA) is 0 Å². The summed E-state index contributed by atoms with van der Waals surface area (Å²) in [5.41, 5.74) is 9.10. The van der Waals surface area contributed by atoms with Crippen LogP contribution in [0.1, 0.15) is 61.8 Å². The van der Waals surface area contributed by atoms with Crippen LogP contribution < -0.4 is 0 Å². The van der Waals surface area contributed by atoms with Crippen molar-refractivity contribution in [1.29, 1.82) is 0 Å². The zero-order valence-electron chi connectivity index (χ0n) is 13.8. The zero-order chi connectivity index (χ0) is 15.0. The molecule has 2 aromatic carbocycles. The molecule has 0 saturated heterocycles. The molecule has 0 radical (unpaired) electrons. The average molecular weight is 278 g/mol. The minimum atomic E-state index is 0.242. The monoisotopic (exact) mass is 278 g/mol. The molecule has 2 aromatic rings. The fourth-order valence-electron chi connectivity index (χ4n) is 4.24. The maximum Gasteiger partial charge on any atom is 0.0215 e. The molecule has 1 aliphatic carbocycles. The van der Waals surface area contributed by atoms with Gasteiger partial charge in [-0.2, -0.15) is 0 Å². The van der Waals surface area contributed by atoms with E-state index in [-0.39, 0.29) is 5.41 Å². The second-order valence-corrected chi connectivity index (χ2v) is 6.68. The van der Waals surface area contributed by atoms with Crippen LogP contribution in [0.15, 0.2) is 36.4 Å². The summed E-state index contributed by atoms with van der Waals surface area (Å²) in [6.45, 7) is 9.08. The van der Waals surface area contributed by atoms with Crippen molar-refractivity contribution in [2.45, 2.75) is 58.8 Å². The van der Waals surface area contributed by atoms with Crippen LogP contribution in [0.5, 0.6) is 0 Å². The van der Waals surface area contributed by atoms with Crippen LogP contribution >= 0.6 is 0 Å². The minimum absolute atomic E-state index is 0.242. The van der Waals surface area contributed by atoms with Crippen molar-refractivity contribution in [1.82, 2.24) is 0 Å². The standard InChI is InChI=1S/C21H26/c1-5-11-21(12-6-2)19-13-15(3)7-9-17(19)18-10-8-16(4)14-20(18)21/h7-10,13-14H,5-6,11-12H2,1-4H3. The van der Waals surface area contributed by atoms with Gasteiger partial charge in [-0.05, 0) is 48.9 Å². The summed E-state index contributed by atoms with van der Waals surface area (Å²) in [5, 5.41) is 0. The van der Waals surface area contributed by atoms with Crippen molar-refractivity contribution >= 4 is 0 Å². The number of rotatable bonds is 4. The van der Waals surface area contributed by atoms with Gasteiger partial charge in [0.1, 0.15) is 0 Å². The first kappa shape index (κ1) is 14.4. The summed E-state index contributed by atoms with van der Waals surface area (Å²) < 4.78 is 0. The lowest BCUT2D eigenvalue weighted by molar-refractivity contribution is 0.435. The van der Waals surface area contributed by atoms with Gasteiger partial charge in [-0.3, -0.25) is 0 Å². The maximum atomic E-state index is 2.44. The van der Waals surface area contributed by atoms with Crippen LogP contribution in [0.4, 0.5) is 0 Å². The highest BCUT2D eigenvalue weighted by molar-refractivity contribution is 5.81. The van der Waals surface area contributed by atoms with E-state index in [0.29, 0.717) is 0 Å². The summed E-state index contributed by atoms with van der Waals surface area (Å²) in [5.74, 6) is 0. The molecule has 0 N–H and O–H groups in total. The highest BCUT2D eigenvalue weighted by Gasteiger charge is 2.41. The highest BCUT2D eigenvalue weighted by Crippen LogP contribution is 2.54. The van der Waals surface area contributed by atoms with E-state index in [0.717, 1.165) is 0 Å². The third kappa shape index (κ3) is 2.12. The SMILES string of the molecule is CCCC1(CCC)c2cc(C)ccc2-c2ccc(C)cc21. The Kier molecular flexibility index (Phi) is 3.65. The first-order chi connectivity index (χ1) is 10.1. The molecule has 0 bridgehead atoms. The lowest BCUT2D eigenvalue weighted by Crippen LogP contribution is -2.25. The second kappa shape index (κ2) is 5.33. The normalized spacial score (nSPS) is 14.9. The maximum absolute atomic E-state index is 2.44. The quantitative estimate of drug-likeness (QED) is 0.627. The van der Waals surface area contributed by atoms with Gasteiger partial charge in [-0.1, -0.05) is 74.2 Å². The number of benzene rings is 2. The predicted molar refractivity (Wildman–Crippen MR) is 91.9 cm³/mol. The summed E-state index contributed by atoms with van der Waals surface area (Å²) in [4.78, 5) is 0. The van der Waals surface area contributed by atoms with Crippen LogP contribution in [0.2, 0.25) is 0 Å². The molecule has 0 heterocycles. The van der Waals surface area contributed by atoms with Gasteiger partial charge < -0.3 is 0 Å². The molecular formula is C21H26. The molecular weight excluding hydrogens is 252 g/mol. The summed E-state index contributed by atoms with van der Waals surface area (Å²) >= 11 is 0. The average Bonchev–Trinajstić information content (AvgIpc) is 2.70. The molecule has 0 saturated carbocycles. The highest BCUT2D eigenvalue weighted by atomic mass is 14.4. The van der Waals surface area contributed by atoms with Crippen molar-refractivity contribution in [3.8, 4) is 11.1 Å². The van der Waals surface area contributed by atoms with Crippen LogP contribution in [-0.2, 0) is 5.41 Å². The number of hydrogen-bond acceptors (Lipinski definition) is 0. The van der Waals surface area contributed by atoms with Crippen molar-refractivity contribution in [2.75, 3.05) is 0 Å². The van der Waals surface area contributed by atoms with Gasteiger partial charge in [0.05, 0.1) is 0 Å². The summed E-state index contributed by atoms with van der Waals surface area (Å²) in [6.07, 6.45) is 4.99. The second-order valence-electron chi connectivity index (χ2n) is 6.68. The van der Waals surface area contributed by atoms with Crippen molar-refractivity contribution < 1.29 is 0 Å². The molecule has 0 unspecified atom stereocenters. The Bertz CT molecular complexity index is 604. The van der Waals surface area contributed by atoms with E-state index >= 15 is 0 Å². The van der Waals surface area contributed by atoms with E-state index < -0.39 is 0 Å². The van der Waals surface area contributed by atoms with Crippen LogP contribution in [0.3, 0.4) is 0 Å². The molecule has 0 aliphatic heterocycles. The molecule has 0 heteroatoms. The fraction of sp³-hybridized carbons (Fsp3) is 0.429. The predicted octanol–water partition coefficient (Wildman–Crippen LogP) is 6.17. The molecule has 0 amide bonds. The Morgan fingerprint density at radius 1 is 0.714 bits per heavy atom. The van der Waals surface area contributed by atoms with Crippen molar-refractivity contribution in [3.05, 3.63) is 58.7 Å². The number of hydrogen-bond donors (Lipinski definition) is 0. The molecule has 21 heavy (non-hydrogen) atoms. The smallest absolute Gasteiger partial charge is 0.0215 e. The first-order valence-corrected chi connectivity index (χ1v) is 8.35. The lowest BCUT2D eigenvalue weighted by atomic mass is 9.71. The lowest BCUT2D eigenvalue weighted by Gasteiger charge is -2.32. The Morgan fingerprint density at radius 2 is 1.14 bits per heavy atom. The molecule has 0 fully saturated rings. The molecule has 0 aromatic heterocycles. The Hall–Kier alpha value is -1.56. The van der Waals surface area contributed by atoms with Crippen LogP contribution in [0, 0.1) is 13.8 Å². The van der Waals surface area contributed by atoms with Gasteiger partial charge in [0.15, 0.2) is 0 Å². The summed E-state index contributed by atoms with van der Waals surface area (Å²) in [7, 11) is 0. The Labute approximate surface area is 129 Å². The molecule has 0 atom stereocenters. The van der Waals surface area contributed by atoms with Gasteiger partial charge in [-0.25, -0.2) is 0 Å². The molecule has 110 valence electrons. The minimum Gasteiger partial charge on any atom is -0.0653 e. The molecule has 3 rings (SSSR count). The third-order valence-electron chi connectivity index (χ3n) is 5.03. The van der Waals surface area contributed by atoms with Gasteiger partial charge >= 0.3 is 0 Å². The zero-order valence-corrected chi connectivity index (χ0v) is 13.8. The van der Waals surface area contributed by atoms with Gasteiger partial charge in [0.2, 0.25) is 0 Å². The fourth-order valence-corrected chi connectivity index (χ4v) is 4.24. The van der Waals surface area contributed by atoms with Gasteiger partial charge in [0.25, 0.3) is 0 Å². The van der Waals surface area contributed by atoms with Gasteiger partial charge in [0, 0.05) is 5.41 Å². The van der Waals surface area contributed by atoms with Crippen LogP contribution in [0.25, 0.3) is 11.1 Å². The van der Waals surface area contributed by atoms with Crippen LogP contribution in [-0.4, -0.2) is 0 Å². The largest absolute Gasteiger partial charge is 0.0653 e. The number of fused-ring (bicyclic) bond motifs is 3. The van der Waals surface area contributed by atoms with E-state index in [1.165, 1.54) is 47.9 Å². The Morgan fingerprint density at radius 3 is 1.52 bits per heavy atom. The van der Waals surface area contributed by atoms with E-state index in [1.807, 2.05) is 0 Å².